The summed E-state index contributed by atoms with van der Waals surface area (Å²) in [5.74, 6) is 6.14. The highest BCUT2D eigenvalue weighted by Gasteiger charge is 2.71. The molecule has 0 aromatic carbocycles. The van der Waals surface area contributed by atoms with Crippen LogP contribution in [0.1, 0.15) is 82.8 Å². The molecule has 2 heteroatoms. The zero-order chi connectivity index (χ0) is 17.9. The molecule has 1 heterocycles. The van der Waals surface area contributed by atoms with Crippen LogP contribution in [0.4, 0.5) is 0 Å². The van der Waals surface area contributed by atoms with Gasteiger partial charge in [-0.3, -0.25) is 0 Å². The van der Waals surface area contributed by atoms with Gasteiger partial charge in [0.25, 0.3) is 0 Å². The van der Waals surface area contributed by atoms with Gasteiger partial charge in [-0.2, -0.15) is 0 Å². The maximum atomic E-state index is 13.0. The third-order valence-corrected chi connectivity index (χ3v) is 10.5. The van der Waals surface area contributed by atoms with Crippen LogP contribution in [0.25, 0.3) is 0 Å². The lowest BCUT2D eigenvalue weighted by atomic mass is 9.36. The Morgan fingerprint density at radius 3 is 1.37 bits per heavy atom. The zero-order valence-corrected chi connectivity index (χ0v) is 16.5. The van der Waals surface area contributed by atoms with Crippen molar-refractivity contribution in [3.8, 4) is 0 Å². The molecule has 8 fully saturated rings. The fourth-order valence-electron chi connectivity index (χ4n) is 10.7. The first-order chi connectivity index (χ1) is 13.1. The molecule has 1 N–H and O–H groups in total. The number of aliphatic hydroxyl groups is 1. The van der Waals surface area contributed by atoms with Gasteiger partial charge in [0.05, 0.1) is 6.26 Å². The van der Waals surface area contributed by atoms with Crippen molar-refractivity contribution in [3.05, 3.63) is 24.2 Å². The van der Waals surface area contributed by atoms with E-state index in [1.807, 2.05) is 12.3 Å². The van der Waals surface area contributed by atoms with E-state index in [2.05, 4.69) is 6.07 Å². The molecule has 0 aliphatic heterocycles. The van der Waals surface area contributed by atoms with E-state index in [9.17, 15) is 5.11 Å². The van der Waals surface area contributed by atoms with Crippen LogP contribution >= 0.6 is 0 Å². The number of rotatable bonds is 3. The van der Waals surface area contributed by atoms with E-state index >= 15 is 0 Å². The van der Waals surface area contributed by atoms with Crippen LogP contribution < -0.4 is 0 Å². The lowest BCUT2D eigenvalue weighted by Gasteiger charge is -2.70. The Bertz CT molecular complexity index is 630. The molecule has 2 nitrogen and oxygen atoms in total. The Balaban J connectivity index is 1.41. The second-order valence-electron chi connectivity index (χ2n) is 12.1. The molecule has 8 aliphatic carbocycles. The lowest BCUT2D eigenvalue weighted by molar-refractivity contribution is -0.284. The summed E-state index contributed by atoms with van der Waals surface area (Å²) in [4.78, 5) is 0. The van der Waals surface area contributed by atoms with E-state index in [-0.39, 0.29) is 10.8 Å². The maximum absolute atomic E-state index is 13.0. The van der Waals surface area contributed by atoms with Gasteiger partial charge in [0, 0.05) is 10.8 Å². The first-order valence-electron chi connectivity index (χ1n) is 11.8. The predicted octanol–water partition coefficient (Wildman–Crippen LogP) is 5.90. The molecule has 0 radical (unpaired) electrons. The summed E-state index contributed by atoms with van der Waals surface area (Å²) in [6.45, 7) is 0. The van der Waals surface area contributed by atoms with E-state index in [0.29, 0.717) is 0 Å². The smallest absolute Gasteiger partial charge is 0.136 e. The van der Waals surface area contributed by atoms with Gasteiger partial charge in [-0.25, -0.2) is 0 Å². The Kier molecular flexibility index (Phi) is 3.00. The summed E-state index contributed by atoms with van der Waals surface area (Å²) < 4.78 is 6.13. The van der Waals surface area contributed by atoms with Gasteiger partial charge in [-0.15, -0.1) is 0 Å². The molecule has 1 aromatic rings. The summed E-state index contributed by atoms with van der Waals surface area (Å²) in [6.07, 6.45) is 18.0. The van der Waals surface area contributed by atoms with Gasteiger partial charge in [-0.05, 0) is 125 Å². The molecule has 8 aliphatic rings. The van der Waals surface area contributed by atoms with Crippen LogP contribution in [0.5, 0.6) is 0 Å². The fourth-order valence-corrected chi connectivity index (χ4v) is 10.7. The van der Waals surface area contributed by atoms with E-state index < -0.39 is 5.60 Å². The van der Waals surface area contributed by atoms with Gasteiger partial charge >= 0.3 is 0 Å². The zero-order valence-electron chi connectivity index (χ0n) is 16.5. The van der Waals surface area contributed by atoms with Crippen LogP contribution in [-0.4, -0.2) is 5.11 Å². The first-order valence-corrected chi connectivity index (χ1v) is 11.8. The standard InChI is InChI=1S/C25H34O2/c26-25(22-2-1-3-27-22,23-10-16-4-17(11-23)6-18(5-16)12-23)24-13-19-7-20(14-24)9-21(8-19)15-24/h1-3,16-21,26H,4-15H2. The number of furan rings is 1. The van der Waals surface area contributed by atoms with Crippen molar-refractivity contribution in [3.63, 3.8) is 0 Å². The highest BCUT2D eigenvalue weighted by Crippen LogP contribution is 2.75. The normalized spacial score (nSPS) is 54.4. The van der Waals surface area contributed by atoms with Gasteiger partial charge in [0.2, 0.25) is 0 Å². The summed E-state index contributed by atoms with van der Waals surface area (Å²) in [7, 11) is 0. The summed E-state index contributed by atoms with van der Waals surface area (Å²) in [6, 6.07) is 4.17. The lowest BCUT2D eigenvalue weighted by Crippen LogP contribution is -2.66. The molecular weight excluding hydrogens is 332 g/mol. The van der Waals surface area contributed by atoms with Crippen molar-refractivity contribution in [1.82, 2.24) is 0 Å². The van der Waals surface area contributed by atoms with Crippen molar-refractivity contribution < 1.29 is 9.52 Å². The largest absolute Gasteiger partial charge is 0.466 e. The van der Waals surface area contributed by atoms with Crippen molar-refractivity contribution >= 4 is 0 Å². The van der Waals surface area contributed by atoms with Crippen LogP contribution in [-0.2, 0) is 5.60 Å². The molecule has 8 saturated carbocycles. The molecule has 146 valence electrons. The van der Waals surface area contributed by atoms with Crippen molar-refractivity contribution in [2.24, 2.45) is 46.3 Å². The summed E-state index contributed by atoms with van der Waals surface area (Å²) >= 11 is 0. The maximum Gasteiger partial charge on any atom is 0.136 e. The minimum atomic E-state index is -0.727. The van der Waals surface area contributed by atoms with Crippen LogP contribution in [0, 0.1) is 46.3 Å². The Labute approximate surface area is 163 Å². The SMILES string of the molecule is OC(c1ccco1)(C12CC3CC(CC(C3)C1)C2)C12CC3CC(CC(C3)C1)C2. The van der Waals surface area contributed by atoms with Crippen molar-refractivity contribution in [2.45, 2.75) is 82.7 Å². The molecular formula is C25H34O2. The third kappa shape index (κ3) is 1.92. The van der Waals surface area contributed by atoms with Crippen molar-refractivity contribution in [2.75, 3.05) is 0 Å². The highest BCUT2D eigenvalue weighted by atomic mass is 16.4. The Morgan fingerprint density at radius 1 is 0.704 bits per heavy atom. The average Bonchev–Trinajstić information content (AvgIpc) is 3.13. The molecule has 0 saturated heterocycles. The number of hydrogen-bond acceptors (Lipinski definition) is 2. The Hall–Kier alpha value is -0.760. The average molecular weight is 367 g/mol. The number of hydrogen-bond donors (Lipinski definition) is 1. The summed E-state index contributed by atoms with van der Waals surface area (Å²) in [5, 5.41) is 13.0. The van der Waals surface area contributed by atoms with Gasteiger partial charge < -0.3 is 9.52 Å². The topological polar surface area (TPSA) is 33.4 Å². The van der Waals surface area contributed by atoms with E-state index in [1.54, 1.807) is 0 Å². The molecule has 0 unspecified atom stereocenters. The second-order valence-corrected chi connectivity index (χ2v) is 12.1. The fraction of sp³-hybridized carbons (Fsp3) is 0.840. The molecule has 27 heavy (non-hydrogen) atoms. The third-order valence-electron chi connectivity index (χ3n) is 10.5. The van der Waals surface area contributed by atoms with Crippen LogP contribution in [0.2, 0.25) is 0 Å². The molecule has 1 aromatic heterocycles. The predicted molar refractivity (Wildman–Crippen MR) is 104 cm³/mol. The summed E-state index contributed by atoms with van der Waals surface area (Å²) in [5.41, 5.74) is -0.550. The minimum absolute atomic E-state index is 0.0886. The first kappa shape index (κ1) is 16.1. The van der Waals surface area contributed by atoms with E-state index in [4.69, 9.17) is 4.42 Å². The molecule has 0 amide bonds. The van der Waals surface area contributed by atoms with Crippen LogP contribution in [0.3, 0.4) is 0 Å². The van der Waals surface area contributed by atoms with Crippen molar-refractivity contribution in [1.29, 1.82) is 0 Å². The quantitative estimate of drug-likeness (QED) is 0.722. The monoisotopic (exact) mass is 366 g/mol. The Morgan fingerprint density at radius 2 is 1.07 bits per heavy atom. The minimum Gasteiger partial charge on any atom is -0.466 e. The van der Waals surface area contributed by atoms with E-state index in [1.165, 1.54) is 77.0 Å². The highest BCUT2D eigenvalue weighted by molar-refractivity contribution is 5.27. The second kappa shape index (κ2) is 5.04. The molecule has 0 atom stereocenters. The molecule has 9 rings (SSSR count). The van der Waals surface area contributed by atoms with Gasteiger partial charge in [0.1, 0.15) is 11.4 Å². The van der Waals surface area contributed by atoms with Gasteiger partial charge in [0.15, 0.2) is 0 Å². The van der Waals surface area contributed by atoms with E-state index in [0.717, 1.165) is 41.3 Å². The van der Waals surface area contributed by atoms with Crippen LogP contribution in [0.15, 0.2) is 22.8 Å². The molecule has 8 bridgehead atoms. The molecule has 0 spiro atoms. The van der Waals surface area contributed by atoms with Gasteiger partial charge in [-0.1, -0.05) is 0 Å².